The molecule has 0 heterocycles. The molecule has 0 atom stereocenters. The van der Waals surface area contributed by atoms with Crippen molar-refractivity contribution in [3.63, 3.8) is 0 Å². The van der Waals surface area contributed by atoms with Crippen LogP contribution < -0.4 is 14.8 Å². The Hall–Kier alpha value is -1.26. The Balaban J connectivity index is 2.80. The van der Waals surface area contributed by atoms with Crippen LogP contribution in [0.25, 0.3) is 0 Å². The monoisotopic (exact) mass is 266 g/mol. The number of hydrogen-bond donors (Lipinski definition) is 1. The van der Waals surface area contributed by atoms with Gasteiger partial charge in [0.25, 0.3) is 0 Å². The largest absolute Gasteiger partial charge is 0.497 e. The van der Waals surface area contributed by atoms with Gasteiger partial charge in [0.05, 0.1) is 14.2 Å². The summed E-state index contributed by atoms with van der Waals surface area (Å²) in [6.07, 6.45) is 0. The lowest BCUT2D eigenvalue weighted by Gasteiger charge is -2.30. The molecule has 1 N–H and O–H groups in total. The van der Waals surface area contributed by atoms with E-state index in [-0.39, 0.29) is 5.54 Å². The average Bonchev–Trinajstić information content (AvgIpc) is 2.37. The van der Waals surface area contributed by atoms with Gasteiger partial charge < -0.3 is 19.7 Å². The third-order valence-corrected chi connectivity index (χ3v) is 3.27. The summed E-state index contributed by atoms with van der Waals surface area (Å²) in [6, 6.07) is 5.90. The Morgan fingerprint density at radius 1 is 1.21 bits per heavy atom. The molecule has 0 saturated heterocycles. The Kier molecular flexibility index (Phi) is 5.63. The summed E-state index contributed by atoms with van der Waals surface area (Å²) >= 11 is 0. The lowest BCUT2D eigenvalue weighted by atomic mass is 10.1. The molecule has 0 fully saturated rings. The predicted molar refractivity (Wildman–Crippen MR) is 79.0 cm³/mol. The van der Waals surface area contributed by atoms with Gasteiger partial charge in [0.2, 0.25) is 0 Å². The maximum atomic E-state index is 5.40. The minimum Gasteiger partial charge on any atom is -0.497 e. The molecule has 4 nitrogen and oxygen atoms in total. The van der Waals surface area contributed by atoms with Gasteiger partial charge in [-0.3, -0.25) is 0 Å². The zero-order chi connectivity index (χ0) is 14.5. The van der Waals surface area contributed by atoms with Gasteiger partial charge in [-0.2, -0.15) is 0 Å². The minimum absolute atomic E-state index is 0.0842. The predicted octanol–water partition coefficient (Wildman–Crippen LogP) is 2.13. The first-order chi connectivity index (χ1) is 8.91. The SMILES string of the molecule is CNC(C)(C)CN(C)Cc1cc(OC)ccc1OC. The van der Waals surface area contributed by atoms with E-state index in [1.54, 1.807) is 14.2 Å². The third kappa shape index (κ3) is 4.73. The highest BCUT2D eigenvalue weighted by atomic mass is 16.5. The van der Waals surface area contributed by atoms with E-state index >= 15 is 0 Å². The molecule has 0 bridgehead atoms. The fourth-order valence-electron chi connectivity index (χ4n) is 2.11. The van der Waals surface area contributed by atoms with Gasteiger partial charge in [-0.05, 0) is 46.1 Å². The molecule has 0 aliphatic heterocycles. The number of rotatable bonds is 7. The molecule has 0 aliphatic carbocycles. The first-order valence-electron chi connectivity index (χ1n) is 6.50. The molecule has 1 aromatic rings. The van der Waals surface area contributed by atoms with Crippen LogP contribution in [-0.4, -0.2) is 45.3 Å². The van der Waals surface area contributed by atoms with Crippen molar-refractivity contribution in [2.75, 3.05) is 34.9 Å². The third-order valence-electron chi connectivity index (χ3n) is 3.27. The molecule has 0 aliphatic rings. The summed E-state index contributed by atoms with van der Waals surface area (Å²) < 4.78 is 10.7. The van der Waals surface area contributed by atoms with Crippen molar-refractivity contribution in [1.29, 1.82) is 0 Å². The standard InChI is InChI=1S/C15H26N2O2/c1-15(2,16-3)11-17(4)10-12-9-13(18-5)7-8-14(12)19-6/h7-9,16H,10-11H2,1-6H3. The molecule has 0 spiro atoms. The van der Waals surface area contributed by atoms with Crippen LogP contribution in [0.15, 0.2) is 18.2 Å². The van der Waals surface area contributed by atoms with Crippen LogP contribution in [0.4, 0.5) is 0 Å². The van der Waals surface area contributed by atoms with Gasteiger partial charge in [0.15, 0.2) is 0 Å². The van der Waals surface area contributed by atoms with E-state index in [1.807, 2.05) is 25.2 Å². The molecule has 0 radical (unpaired) electrons. The van der Waals surface area contributed by atoms with Crippen molar-refractivity contribution in [3.05, 3.63) is 23.8 Å². The van der Waals surface area contributed by atoms with Crippen molar-refractivity contribution in [3.8, 4) is 11.5 Å². The van der Waals surface area contributed by atoms with E-state index in [2.05, 4.69) is 31.1 Å². The Labute approximate surface area is 116 Å². The molecule has 1 aromatic carbocycles. The lowest BCUT2D eigenvalue weighted by Crippen LogP contribution is -2.46. The van der Waals surface area contributed by atoms with Crippen molar-refractivity contribution in [1.82, 2.24) is 10.2 Å². The van der Waals surface area contributed by atoms with E-state index in [1.165, 1.54) is 0 Å². The Bertz CT molecular complexity index is 405. The highest BCUT2D eigenvalue weighted by molar-refractivity contribution is 5.40. The molecular formula is C15H26N2O2. The van der Waals surface area contributed by atoms with Crippen LogP contribution in [0.3, 0.4) is 0 Å². The Morgan fingerprint density at radius 2 is 1.89 bits per heavy atom. The summed E-state index contributed by atoms with van der Waals surface area (Å²) in [5.74, 6) is 1.76. The van der Waals surface area contributed by atoms with Crippen molar-refractivity contribution in [2.45, 2.75) is 25.9 Å². The van der Waals surface area contributed by atoms with Crippen LogP contribution in [0, 0.1) is 0 Å². The van der Waals surface area contributed by atoms with Gasteiger partial charge in [-0.25, -0.2) is 0 Å². The number of nitrogens with one attached hydrogen (secondary N) is 1. The van der Waals surface area contributed by atoms with E-state index < -0.39 is 0 Å². The van der Waals surface area contributed by atoms with Crippen molar-refractivity contribution < 1.29 is 9.47 Å². The maximum Gasteiger partial charge on any atom is 0.123 e. The van der Waals surface area contributed by atoms with Crippen LogP contribution in [0.2, 0.25) is 0 Å². The van der Waals surface area contributed by atoms with Crippen molar-refractivity contribution >= 4 is 0 Å². The second-order valence-electron chi connectivity index (χ2n) is 5.48. The smallest absolute Gasteiger partial charge is 0.123 e. The van der Waals surface area contributed by atoms with Gasteiger partial charge in [0.1, 0.15) is 11.5 Å². The number of likely N-dealkylation sites (N-methyl/N-ethyl adjacent to an activating group) is 2. The van der Waals surface area contributed by atoms with E-state index in [0.29, 0.717) is 0 Å². The summed E-state index contributed by atoms with van der Waals surface area (Å²) in [7, 11) is 7.47. The maximum absolute atomic E-state index is 5.40. The summed E-state index contributed by atoms with van der Waals surface area (Å²) in [5, 5.41) is 3.31. The van der Waals surface area contributed by atoms with E-state index in [4.69, 9.17) is 9.47 Å². The van der Waals surface area contributed by atoms with Gasteiger partial charge in [0, 0.05) is 24.2 Å². The first-order valence-corrected chi connectivity index (χ1v) is 6.50. The van der Waals surface area contributed by atoms with E-state index in [0.717, 1.165) is 30.2 Å². The average molecular weight is 266 g/mol. The Morgan fingerprint density at radius 3 is 2.42 bits per heavy atom. The minimum atomic E-state index is 0.0842. The zero-order valence-electron chi connectivity index (χ0n) is 12.9. The molecule has 4 heteroatoms. The number of methoxy groups -OCH3 is 2. The quantitative estimate of drug-likeness (QED) is 0.820. The van der Waals surface area contributed by atoms with Gasteiger partial charge in [-0.15, -0.1) is 0 Å². The molecule has 0 unspecified atom stereocenters. The fourth-order valence-corrected chi connectivity index (χ4v) is 2.11. The van der Waals surface area contributed by atoms with Crippen LogP contribution in [0.5, 0.6) is 11.5 Å². The number of benzene rings is 1. The second kappa shape index (κ2) is 6.78. The summed E-state index contributed by atoms with van der Waals surface area (Å²) in [6.45, 7) is 6.15. The molecule has 0 aromatic heterocycles. The zero-order valence-corrected chi connectivity index (χ0v) is 12.9. The molecule has 0 saturated carbocycles. The fraction of sp³-hybridized carbons (Fsp3) is 0.600. The molecule has 1 rings (SSSR count). The number of hydrogen-bond acceptors (Lipinski definition) is 4. The molecule has 108 valence electrons. The lowest BCUT2D eigenvalue weighted by molar-refractivity contribution is 0.235. The highest BCUT2D eigenvalue weighted by Crippen LogP contribution is 2.25. The van der Waals surface area contributed by atoms with Crippen LogP contribution in [-0.2, 0) is 6.54 Å². The number of ether oxygens (including phenoxy) is 2. The van der Waals surface area contributed by atoms with E-state index in [9.17, 15) is 0 Å². The van der Waals surface area contributed by atoms with Gasteiger partial charge >= 0.3 is 0 Å². The van der Waals surface area contributed by atoms with Crippen LogP contribution >= 0.6 is 0 Å². The first kappa shape index (κ1) is 15.8. The van der Waals surface area contributed by atoms with Crippen molar-refractivity contribution in [2.24, 2.45) is 0 Å². The van der Waals surface area contributed by atoms with Crippen LogP contribution in [0.1, 0.15) is 19.4 Å². The molecule has 19 heavy (non-hydrogen) atoms. The molecule has 0 amide bonds. The molecular weight excluding hydrogens is 240 g/mol. The normalized spacial score (nSPS) is 11.7. The number of nitrogens with zero attached hydrogens (tertiary/aromatic N) is 1. The summed E-state index contributed by atoms with van der Waals surface area (Å²) in [4.78, 5) is 2.27. The van der Waals surface area contributed by atoms with Gasteiger partial charge in [-0.1, -0.05) is 0 Å². The second-order valence-corrected chi connectivity index (χ2v) is 5.48. The highest BCUT2D eigenvalue weighted by Gasteiger charge is 2.18. The topological polar surface area (TPSA) is 33.7 Å². The summed E-state index contributed by atoms with van der Waals surface area (Å²) in [5.41, 5.74) is 1.22.